The third-order valence-corrected chi connectivity index (χ3v) is 6.93. The normalized spacial score (nSPS) is 14.8. The van der Waals surface area contributed by atoms with Crippen LogP contribution in [0.3, 0.4) is 0 Å². The number of hydrogen-bond acceptors (Lipinski definition) is 4. The van der Waals surface area contributed by atoms with Crippen molar-refractivity contribution in [1.29, 1.82) is 0 Å². The number of nitrogens with zero attached hydrogens (tertiary/aromatic N) is 3. The van der Waals surface area contributed by atoms with E-state index in [0.29, 0.717) is 5.95 Å². The number of rotatable bonds is 7. The van der Waals surface area contributed by atoms with Crippen LogP contribution in [0, 0.1) is 0 Å². The van der Waals surface area contributed by atoms with E-state index >= 15 is 0 Å². The van der Waals surface area contributed by atoms with Crippen LogP contribution in [0.25, 0.3) is 0 Å². The SMILES string of the molecule is O=c1ccnc(N2CCN(CCC(c3ccccc3)(c3ccccc3)c3ccccc3)CC2)[nH]1. The molecule has 1 aliphatic heterocycles. The highest BCUT2D eigenvalue weighted by molar-refractivity contribution is 5.50. The number of anilines is 1. The maximum atomic E-state index is 11.7. The van der Waals surface area contributed by atoms with Gasteiger partial charge in [-0.15, -0.1) is 0 Å². The van der Waals surface area contributed by atoms with E-state index in [-0.39, 0.29) is 11.0 Å². The summed E-state index contributed by atoms with van der Waals surface area (Å²) in [7, 11) is 0. The van der Waals surface area contributed by atoms with Gasteiger partial charge in [-0.2, -0.15) is 0 Å². The van der Waals surface area contributed by atoms with Crippen LogP contribution < -0.4 is 10.5 Å². The van der Waals surface area contributed by atoms with E-state index < -0.39 is 0 Å². The summed E-state index contributed by atoms with van der Waals surface area (Å²) >= 11 is 0. The number of H-pyrrole nitrogens is 1. The molecule has 3 aromatic carbocycles. The van der Waals surface area contributed by atoms with Gasteiger partial charge in [-0.25, -0.2) is 4.98 Å². The van der Waals surface area contributed by atoms with Crippen LogP contribution in [-0.2, 0) is 5.41 Å². The lowest BCUT2D eigenvalue weighted by Gasteiger charge is -2.40. The zero-order valence-corrected chi connectivity index (χ0v) is 19.3. The first-order chi connectivity index (χ1) is 16.8. The van der Waals surface area contributed by atoms with Crippen LogP contribution in [-0.4, -0.2) is 47.6 Å². The summed E-state index contributed by atoms with van der Waals surface area (Å²) < 4.78 is 0. The Morgan fingerprint density at radius 3 is 1.68 bits per heavy atom. The van der Waals surface area contributed by atoms with Crippen LogP contribution in [0.5, 0.6) is 0 Å². The number of benzene rings is 3. The fourth-order valence-electron chi connectivity index (χ4n) is 5.13. The van der Waals surface area contributed by atoms with Crippen molar-refractivity contribution in [3.8, 4) is 0 Å². The first-order valence-corrected chi connectivity index (χ1v) is 11.9. The van der Waals surface area contributed by atoms with Crippen molar-refractivity contribution in [2.75, 3.05) is 37.6 Å². The molecule has 1 saturated heterocycles. The van der Waals surface area contributed by atoms with Gasteiger partial charge in [0.15, 0.2) is 0 Å². The predicted octanol–water partition coefficient (Wildman–Crippen LogP) is 4.32. The molecule has 0 radical (unpaired) electrons. The van der Waals surface area contributed by atoms with E-state index in [1.807, 2.05) is 0 Å². The topological polar surface area (TPSA) is 52.2 Å². The van der Waals surface area contributed by atoms with E-state index in [9.17, 15) is 4.79 Å². The molecular formula is C29H30N4O. The zero-order valence-electron chi connectivity index (χ0n) is 19.3. The Balaban J connectivity index is 1.42. The molecule has 1 aromatic heterocycles. The van der Waals surface area contributed by atoms with Crippen molar-refractivity contribution in [2.24, 2.45) is 0 Å². The van der Waals surface area contributed by atoms with Gasteiger partial charge in [-0.3, -0.25) is 14.7 Å². The zero-order chi connectivity index (χ0) is 23.2. The van der Waals surface area contributed by atoms with Gasteiger partial charge in [0.05, 0.1) is 0 Å². The number of piperazine rings is 1. The lowest BCUT2D eigenvalue weighted by Crippen LogP contribution is -2.48. The highest BCUT2D eigenvalue weighted by atomic mass is 16.1. The van der Waals surface area contributed by atoms with Gasteiger partial charge < -0.3 is 4.90 Å². The van der Waals surface area contributed by atoms with Gasteiger partial charge >= 0.3 is 0 Å². The molecule has 5 rings (SSSR count). The smallest absolute Gasteiger partial charge is 0.252 e. The highest BCUT2D eigenvalue weighted by Crippen LogP contribution is 2.42. The van der Waals surface area contributed by atoms with Crippen LogP contribution in [0.15, 0.2) is 108 Å². The van der Waals surface area contributed by atoms with Gasteiger partial charge in [0.2, 0.25) is 5.95 Å². The Morgan fingerprint density at radius 2 is 1.21 bits per heavy atom. The summed E-state index contributed by atoms with van der Waals surface area (Å²) in [5.74, 6) is 0.666. The highest BCUT2D eigenvalue weighted by Gasteiger charge is 2.36. The molecule has 0 aliphatic carbocycles. The van der Waals surface area contributed by atoms with Gasteiger partial charge in [0.25, 0.3) is 5.56 Å². The average molecular weight is 451 g/mol. The third kappa shape index (κ3) is 4.52. The monoisotopic (exact) mass is 450 g/mol. The molecule has 0 unspecified atom stereocenters. The van der Waals surface area contributed by atoms with E-state index in [4.69, 9.17) is 0 Å². The fraction of sp³-hybridized carbons (Fsp3) is 0.241. The van der Waals surface area contributed by atoms with Crippen molar-refractivity contribution in [1.82, 2.24) is 14.9 Å². The Hall–Kier alpha value is -3.70. The first kappa shape index (κ1) is 22.1. The Morgan fingerprint density at radius 1 is 0.706 bits per heavy atom. The summed E-state index contributed by atoms with van der Waals surface area (Å²) in [5, 5.41) is 0. The van der Waals surface area contributed by atoms with Crippen molar-refractivity contribution in [3.63, 3.8) is 0 Å². The van der Waals surface area contributed by atoms with Gasteiger partial charge in [0, 0.05) is 43.9 Å². The summed E-state index contributed by atoms with van der Waals surface area (Å²) in [5.41, 5.74) is 3.62. The molecule has 2 heterocycles. The number of aromatic nitrogens is 2. The summed E-state index contributed by atoms with van der Waals surface area (Å²) in [4.78, 5) is 23.6. The molecule has 0 saturated carbocycles. The minimum atomic E-state index is -0.229. The summed E-state index contributed by atoms with van der Waals surface area (Å²) in [6.45, 7) is 4.55. The summed E-state index contributed by atoms with van der Waals surface area (Å²) in [6.07, 6.45) is 2.56. The van der Waals surface area contributed by atoms with Gasteiger partial charge in [-0.05, 0) is 29.7 Å². The quantitative estimate of drug-likeness (QED) is 0.426. The first-order valence-electron chi connectivity index (χ1n) is 11.9. The number of nitrogens with one attached hydrogen (secondary N) is 1. The third-order valence-electron chi connectivity index (χ3n) is 6.93. The second kappa shape index (κ2) is 10.1. The molecule has 5 nitrogen and oxygen atoms in total. The molecule has 4 aromatic rings. The number of hydrogen-bond donors (Lipinski definition) is 1. The van der Waals surface area contributed by atoms with Crippen molar-refractivity contribution in [3.05, 3.63) is 130 Å². The number of aromatic amines is 1. The van der Waals surface area contributed by atoms with Crippen LogP contribution in [0.4, 0.5) is 5.95 Å². The minimum absolute atomic E-state index is 0.106. The fourth-order valence-corrected chi connectivity index (χ4v) is 5.13. The van der Waals surface area contributed by atoms with E-state index in [0.717, 1.165) is 39.1 Å². The summed E-state index contributed by atoms with van der Waals surface area (Å²) in [6, 6.07) is 34.1. The van der Waals surface area contributed by atoms with Crippen molar-refractivity contribution >= 4 is 5.95 Å². The Kier molecular flexibility index (Phi) is 6.54. The molecule has 0 bridgehead atoms. The van der Waals surface area contributed by atoms with Crippen LogP contribution in [0.1, 0.15) is 23.1 Å². The Labute approximate surface area is 200 Å². The molecule has 1 fully saturated rings. The average Bonchev–Trinajstić information content (AvgIpc) is 2.91. The molecular weight excluding hydrogens is 420 g/mol. The molecule has 5 heteroatoms. The second-order valence-corrected chi connectivity index (χ2v) is 8.84. The Bertz CT molecular complexity index is 1140. The van der Waals surface area contributed by atoms with E-state index in [1.165, 1.54) is 22.8 Å². The van der Waals surface area contributed by atoms with E-state index in [2.05, 4.69) is 111 Å². The second-order valence-electron chi connectivity index (χ2n) is 8.84. The predicted molar refractivity (Wildman–Crippen MR) is 137 cm³/mol. The molecule has 0 spiro atoms. The van der Waals surface area contributed by atoms with Gasteiger partial charge in [-0.1, -0.05) is 91.0 Å². The van der Waals surface area contributed by atoms with Gasteiger partial charge in [0.1, 0.15) is 0 Å². The molecule has 172 valence electrons. The van der Waals surface area contributed by atoms with Crippen LogP contribution in [0.2, 0.25) is 0 Å². The van der Waals surface area contributed by atoms with Crippen molar-refractivity contribution < 1.29 is 0 Å². The molecule has 1 N–H and O–H groups in total. The standard InChI is InChI=1S/C29H30N4O/c34-27-16-18-30-28(31-27)33-22-20-32(21-23-33)19-17-29(24-10-4-1-5-11-24,25-12-6-2-7-13-25)26-14-8-3-9-15-26/h1-16,18H,17,19-23H2,(H,30,31,34). The van der Waals surface area contributed by atoms with Crippen LogP contribution >= 0.6 is 0 Å². The van der Waals surface area contributed by atoms with E-state index in [1.54, 1.807) is 6.20 Å². The maximum Gasteiger partial charge on any atom is 0.252 e. The molecule has 0 atom stereocenters. The maximum absolute atomic E-state index is 11.7. The molecule has 0 amide bonds. The lowest BCUT2D eigenvalue weighted by molar-refractivity contribution is 0.241. The van der Waals surface area contributed by atoms with Crippen molar-refractivity contribution in [2.45, 2.75) is 11.8 Å². The lowest BCUT2D eigenvalue weighted by atomic mass is 9.67. The molecule has 34 heavy (non-hydrogen) atoms. The minimum Gasteiger partial charge on any atom is -0.340 e. The largest absolute Gasteiger partial charge is 0.340 e. The molecule has 1 aliphatic rings.